The molecule has 1 rings (SSSR count). The van der Waals surface area contributed by atoms with Crippen molar-refractivity contribution in [2.45, 2.75) is 38.8 Å². The summed E-state index contributed by atoms with van der Waals surface area (Å²) in [5.74, 6) is -0.221. The third kappa shape index (κ3) is 2.99. The Morgan fingerprint density at radius 1 is 1.56 bits per heavy atom. The molecule has 0 saturated carbocycles. The van der Waals surface area contributed by atoms with Crippen LogP contribution in [0.2, 0.25) is 0 Å². The molecule has 0 bridgehead atoms. The SMILES string of the molecule is COC(C)(C)c1nnnn1CCCC(=O)O. The largest absolute Gasteiger partial charge is 0.481 e. The van der Waals surface area contributed by atoms with Gasteiger partial charge in [-0.15, -0.1) is 5.10 Å². The van der Waals surface area contributed by atoms with Crippen molar-refractivity contribution in [2.75, 3.05) is 7.11 Å². The Balaban J connectivity index is 2.67. The summed E-state index contributed by atoms with van der Waals surface area (Å²) in [6.07, 6.45) is 0.597. The molecule has 0 unspecified atom stereocenters. The number of aliphatic carboxylic acids is 1. The van der Waals surface area contributed by atoms with Crippen molar-refractivity contribution < 1.29 is 14.6 Å². The zero-order valence-electron chi connectivity index (χ0n) is 9.67. The monoisotopic (exact) mass is 228 g/mol. The summed E-state index contributed by atoms with van der Waals surface area (Å²) < 4.78 is 6.85. The molecule has 0 saturated heterocycles. The van der Waals surface area contributed by atoms with Crippen LogP contribution in [0.3, 0.4) is 0 Å². The molecule has 16 heavy (non-hydrogen) atoms. The predicted molar refractivity (Wildman–Crippen MR) is 54.7 cm³/mol. The number of tetrazole rings is 1. The van der Waals surface area contributed by atoms with E-state index in [-0.39, 0.29) is 6.42 Å². The maximum atomic E-state index is 10.4. The lowest BCUT2D eigenvalue weighted by Crippen LogP contribution is -2.25. The van der Waals surface area contributed by atoms with Crippen LogP contribution in [0.4, 0.5) is 0 Å². The van der Waals surface area contributed by atoms with Gasteiger partial charge in [-0.1, -0.05) is 0 Å². The average Bonchev–Trinajstić information content (AvgIpc) is 2.66. The lowest BCUT2D eigenvalue weighted by molar-refractivity contribution is -0.137. The molecule has 1 aromatic rings. The Bertz CT molecular complexity index is 361. The standard InChI is InChI=1S/C9H16N4O3/c1-9(2,16-3)8-10-11-12-13(8)6-4-5-7(14)15/h4-6H2,1-3H3,(H,14,15). The van der Waals surface area contributed by atoms with E-state index in [0.29, 0.717) is 18.8 Å². The van der Waals surface area contributed by atoms with Gasteiger partial charge in [-0.05, 0) is 30.7 Å². The van der Waals surface area contributed by atoms with Gasteiger partial charge in [0.05, 0.1) is 0 Å². The molecule has 0 fully saturated rings. The first-order valence-corrected chi connectivity index (χ1v) is 5.01. The molecular weight excluding hydrogens is 212 g/mol. The molecule has 0 aliphatic rings. The Labute approximate surface area is 93.4 Å². The lowest BCUT2D eigenvalue weighted by atomic mass is 10.1. The number of carboxylic acid groups (broad SMARTS) is 1. The van der Waals surface area contributed by atoms with Crippen LogP contribution in [-0.4, -0.2) is 38.4 Å². The van der Waals surface area contributed by atoms with E-state index >= 15 is 0 Å². The van der Waals surface area contributed by atoms with Gasteiger partial charge in [-0.2, -0.15) is 0 Å². The van der Waals surface area contributed by atoms with Gasteiger partial charge in [0.25, 0.3) is 0 Å². The Morgan fingerprint density at radius 3 is 2.81 bits per heavy atom. The minimum absolute atomic E-state index is 0.104. The van der Waals surface area contributed by atoms with Crippen LogP contribution in [0.1, 0.15) is 32.5 Å². The summed E-state index contributed by atoms with van der Waals surface area (Å²) in [5.41, 5.74) is -0.577. The first-order chi connectivity index (χ1) is 7.47. The Morgan fingerprint density at radius 2 is 2.25 bits per heavy atom. The summed E-state index contributed by atoms with van der Waals surface area (Å²) in [5, 5.41) is 19.8. The fraction of sp³-hybridized carbons (Fsp3) is 0.778. The van der Waals surface area contributed by atoms with Gasteiger partial charge in [-0.3, -0.25) is 4.79 Å². The van der Waals surface area contributed by atoms with Crippen LogP contribution in [-0.2, 0) is 21.7 Å². The number of aromatic nitrogens is 4. The van der Waals surface area contributed by atoms with Crippen molar-refractivity contribution in [1.82, 2.24) is 20.2 Å². The molecular formula is C9H16N4O3. The zero-order valence-corrected chi connectivity index (χ0v) is 9.67. The van der Waals surface area contributed by atoms with E-state index in [9.17, 15) is 4.79 Å². The quantitative estimate of drug-likeness (QED) is 0.758. The normalized spacial score (nSPS) is 11.7. The summed E-state index contributed by atoms with van der Waals surface area (Å²) in [6, 6.07) is 0. The van der Waals surface area contributed by atoms with Crippen molar-refractivity contribution >= 4 is 5.97 Å². The number of rotatable bonds is 6. The molecule has 0 aromatic carbocycles. The van der Waals surface area contributed by atoms with Crippen LogP contribution in [0, 0.1) is 0 Å². The molecule has 0 spiro atoms. The van der Waals surface area contributed by atoms with Crippen molar-refractivity contribution in [3.63, 3.8) is 0 Å². The number of carbonyl (C=O) groups is 1. The highest BCUT2D eigenvalue weighted by atomic mass is 16.5. The van der Waals surface area contributed by atoms with Crippen LogP contribution >= 0.6 is 0 Å². The summed E-state index contributed by atoms with van der Waals surface area (Å²) in [7, 11) is 1.58. The first-order valence-electron chi connectivity index (χ1n) is 5.01. The second kappa shape index (κ2) is 5.02. The molecule has 90 valence electrons. The highest BCUT2D eigenvalue weighted by molar-refractivity contribution is 5.66. The van der Waals surface area contributed by atoms with E-state index in [1.807, 2.05) is 13.8 Å². The Hall–Kier alpha value is -1.50. The van der Waals surface area contributed by atoms with Gasteiger partial charge in [-0.25, -0.2) is 4.68 Å². The molecule has 1 N–H and O–H groups in total. The number of nitrogens with zero attached hydrogens (tertiary/aromatic N) is 4. The molecule has 1 aromatic heterocycles. The van der Waals surface area contributed by atoms with Crippen molar-refractivity contribution in [3.05, 3.63) is 5.82 Å². The van der Waals surface area contributed by atoms with E-state index in [0.717, 1.165) is 0 Å². The molecule has 1 heterocycles. The maximum Gasteiger partial charge on any atom is 0.303 e. The van der Waals surface area contributed by atoms with E-state index < -0.39 is 11.6 Å². The van der Waals surface area contributed by atoms with Crippen LogP contribution in [0.25, 0.3) is 0 Å². The molecule has 7 heteroatoms. The van der Waals surface area contributed by atoms with Crippen molar-refractivity contribution in [2.24, 2.45) is 0 Å². The van der Waals surface area contributed by atoms with E-state index in [1.54, 1.807) is 11.8 Å². The third-order valence-electron chi connectivity index (χ3n) is 2.34. The van der Waals surface area contributed by atoms with Crippen molar-refractivity contribution in [1.29, 1.82) is 0 Å². The topological polar surface area (TPSA) is 90.1 Å². The van der Waals surface area contributed by atoms with Gasteiger partial charge >= 0.3 is 5.97 Å². The van der Waals surface area contributed by atoms with Crippen LogP contribution in [0.5, 0.6) is 0 Å². The van der Waals surface area contributed by atoms with Crippen LogP contribution < -0.4 is 0 Å². The van der Waals surface area contributed by atoms with Gasteiger partial charge in [0.15, 0.2) is 5.82 Å². The first kappa shape index (κ1) is 12.6. The zero-order chi connectivity index (χ0) is 12.2. The number of hydrogen-bond donors (Lipinski definition) is 1. The summed E-state index contributed by atoms with van der Waals surface area (Å²) >= 11 is 0. The second-order valence-electron chi connectivity index (χ2n) is 3.94. The summed E-state index contributed by atoms with van der Waals surface area (Å²) in [6.45, 7) is 4.18. The lowest BCUT2D eigenvalue weighted by Gasteiger charge is -2.21. The number of hydrogen-bond acceptors (Lipinski definition) is 5. The molecule has 0 atom stereocenters. The highest BCUT2D eigenvalue weighted by Crippen LogP contribution is 2.20. The fourth-order valence-electron chi connectivity index (χ4n) is 1.26. The van der Waals surface area contributed by atoms with Crippen molar-refractivity contribution in [3.8, 4) is 0 Å². The van der Waals surface area contributed by atoms with Gasteiger partial charge in [0, 0.05) is 20.1 Å². The minimum atomic E-state index is -0.819. The smallest absolute Gasteiger partial charge is 0.303 e. The number of ether oxygens (including phenoxy) is 1. The Kier molecular flexibility index (Phi) is 3.94. The molecule has 0 radical (unpaired) electrons. The van der Waals surface area contributed by atoms with E-state index in [2.05, 4.69) is 15.5 Å². The molecule has 0 aliphatic carbocycles. The van der Waals surface area contributed by atoms with Gasteiger partial charge in [0.1, 0.15) is 5.60 Å². The van der Waals surface area contributed by atoms with Gasteiger partial charge in [0.2, 0.25) is 0 Å². The summed E-state index contributed by atoms with van der Waals surface area (Å²) in [4.78, 5) is 10.4. The predicted octanol–water partition coefficient (Wildman–Crippen LogP) is 0.419. The van der Waals surface area contributed by atoms with E-state index in [4.69, 9.17) is 9.84 Å². The molecule has 0 amide bonds. The minimum Gasteiger partial charge on any atom is -0.481 e. The van der Waals surface area contributed by atoms with Gasteiger partial charge < -0.3 is 9.84 Å². The number of methoxy groups -OCH3 is 1. The highest BCUT2D eigenvalue weighted by Gasteiger charge is 2.26. The average molecular weight is 228 g/mol. The number of carboxylic acids is 1. The van der Waals surface area contributed by atoms with E-state index in [1.165, 1.54) is 0 Å². The maximum absolute atomic E-state index is 10.4. The fourth-order valence-corrected chi connectivity index (χ4v) is 1.26. The second-order valence-corrected chi connectivity index (χ2v) is 3.94. The third-order valence-corrected chi connectivity index (χ3v) is 2.34. The van der Waals surface area contributed by atoms with Crippen LogP contribution in [0.15, 0.2) is 0 Å². The number of aryl methyl sites for hydroxylation is 1. The molecule has 7 nitrogen and oxygen atoms in total. The molecule has 0 aliphatic heterocycles.